The lowest BCUT2D eigenvalue weighted by atomic mass is 10.3. The molecule has 1 amide bonds. The molecule has 1 aliphatic heterocycles. The van der Waals surface area contributed by atoms with E-state index in [1.165, 1.54) is 13.0 Å². The quantitative estimate of drug-likeness (QED) is 0.683. The van der Waals surface area contributed by atoms with Gasteiger partial charge in [0, 0.05) is 19.6 Å². The summed E-state index contributed by atoms with van der Waals surface area (Å²) in [5.74, 6) is -0.899. The van der Waals surface area contributed by atoms with Crippen molar-refractivity contribution in [2.24, 2.45) is 0 Å². The highest BCUT2D eigenvalue weighted by Crippen LogP contribution is 2.15. The standard InChI is InChI=1S/C14H20N2O6S2/c1-11(14(18)16-6-8-21-9-7-16)22-12(17)4-5-15-24(19,20)13-3-2-10-23-13/h2-3,10-11,15H,4-9H2,1H3/t11-/m0/s1. The zero-order chi connectivity index (χ0) is 17.6. The van der Waals surface area contributed by atoms with Crippen LogP contribution in [0.5, 0.6) is 0 Å². The summed E-state index contributed by atoms with van der Waals surface area (Å²) in [5, 5.41) is 1.65. The third kappa shape index (κ3) is 5.26. The van der Waals surface area contributed by atoms with Gasteiger partial charge >= 0.3 is 5.97 Å². The molecule has 0 aromatic carbocycles. The number of rotatable bonds is 7. The van der Waals surface area contributed by atoms with Gasteiger partial charge in [0.15, 0.2) is 6.10 Å². The SMILES string of the molecule is C[C@H](OC(=O)CCNS(=O)(=O)c1cccs1)C(=O)N1CCOCC1. The lowest BCUT2D eigenvalue weighted by Crippen LogP contribution is -2.46. The van der Waals surface area contributed by atoms with Crippen molar-refractivity contribution in [1.82, 2.24) is 9.62 Å². The van der Waals surface area contributed by atoms with Gasteiger partial charge in [-0.25, -0.2) is 13.1 Å². The predicted octanol–water partition coefficient (Wildman–Crippen LogP) is 0.207. The number of esters is 1. The van der Waals surface area contributed by atoms with Crippen LogP contribution in [0.15, 0.2) is 21.7 Å². The molecule has 1 aliphatic rings. The molecule has 1 saturated heterocycles. The van der Waals surface area contributed by atoms with E-state index in [4.69, 9.17) is 9.47 Å². The van der Waals surface area contributed by atoms with E-state index in [2.05, 4.69) is 4.72 Å². The largest absolute Gasteiger partial charge is 0.452 e. The molecule has 1 fully saturated rings. The molecule has 1 aromatic rings. The molecule has 1 atom stereocenters. The highest BCUT2D eigenvalue weighted by molar-refractivity contribution is 7.91. The smallest absolute Gasteiger partial charge is 0.307 e. The molecule has 2 rings (SSSR count). The van der Waals surface area contributed by atoms with Crippen molar-refractivity contribution in [2.45, 2.75) is 23.7 Å². The number of amides is 1. The van der Waals surface area contributed by atoms with Crippen LogP contribution in [0.3, 0.4) is 0 Å². The van der Waals surface area contributed by atoms with Crippen molar-refractivity contribution in [3.63, 3.8) is 0 Å². The molecule has 24 heavy (non-hydrogen) atoms. The number of carbonyl (C=O) groups excluding carboxylic acids is 2. The fourth-order valence-electron chi connectivity index (χ4n) is 2.12. The lowest BCUT2D eigenvalue weighted by Gasteiger charge is -2.28. The maximum atomic E-state index is 12.1. The number of morpholine rings is 1. The van der Waals surface area contributed by atoms with Gasteiger partial charge in [0.05, 0.1) is 19.6 Å². The van der Waals surface area contributed by atoms with E-state index in [1.54, 1.807) is 16.3 Å². The first-order valence-electron chi connectivity index (χ1n) is 7.49. The summed E-state index contributed by atoms with van der Waals surface area (Å²) in [6.07, 6.45) is -1.05. The Bertz CT molecular complexity index is 653. The molecule has 0 aliphatic carbocycles. The molecule has 0 unspecified atom stereocenters. The van der Waals surface area contributed by atoms with Crippen LogP contribution in [0.4, 0.5) is 0 Å². The molecule has 10 heteroatoms. The van der Waals surface area contributed by atoms with Crippen LogP contribution in [0.2, 0.25) is 0 Å². The molecule has 1 aromatic heterocycles. The summed E-state index contributed by atoms with van der Waals surface area (Å²) in [4.78, 5) is 25.5. The second-order valence-corrected chi connectivity index (χ2v) is 8.09. The van der Waals surface area contributed by atoms with E-state index in [0.717, 1.165) is 11.3 Å². The van der Waals surface area contributed by atoms with E-state index in [0.29, 0.717) is 26.3 Å². The summed E-state index contributed by atoms with van der Waals surface area (Å²) >= 11 is 1.09. The van der Waals surface area contributed by atoms with Crippen LogP contribution >= 0.6 is 11.3 Å². The topological polar surface area (TPSA) is 102 Å². The molecule has 2 heterocycles. The average Bonchev–Trinajstić information content (AvgIpc) is 3.10. The van der Waals surface area contributed by atoms with Crippen molar-refractivity contribution in [3.05, 3.63) is 17.5 Å². The molecule has 134 valence electrons. The third-order valence-electron chi connectivity index (χ3n) is 3.36. The lowest BCUT2D eigenvalue weighted by molar-refractivity contribution is -0.160. The monoisotopic (exact) mass is 376 g/mol. The zero-order valence-electron chi connectivity index (χ0n) is 13.3. The molecule has 8 nitrogen and oxygen atoms in total. The second-order valence-electron chi connectivity index (χ2n) is 5.15. The van der Waals surface area contributed by atoms with Crippen LogP contribution in [0.1, 0.15) is 13.3 Å². The number of sulfonamides is 1. The molecule has 0 bridgehead atoms. The summed E-state index contributed by atoms with van der Waals surface area (Å²) in [7, 11) is -3.60. The second kappa shape index (κ2) is 8.56. The number of hydrogen-bond acceptors (Lipinski definition) is 7. The van der Waals surface area contributed by atoms with Crippen LogP contribution in [0, 0.1) is 0 Å². The minimum atomic E-state index is -3.60. The van der Waals surface area contributed by atoms with E-state index < -0.39 is 22.1 Å². The first kappa shape index (κ1) is 18.8. The van der Waals surface area contributed by atoms with Gasteiger partial charge in [0.2, 0.25) is 10.0 Å². The molecule has 0 radical (unpaired) electrons. The van der Waals surface area contributed by atoms with Gasteiger partial charge in [-0.2, -0.15) is 0 Å². The Morgan fingerprint density at radius 1 is 1.42 bits per heavy atom. The minimum absolute atomic E-state index is 0.0858. The number of nitrogens with one attached hydrogen (secondary N) is 1. The van der Waals surface area contributed by atoms with Crippen LogP contribution in [0.25, 0.3) is 0 Å². The van der Waals surface area contributed by atoms with Crippen molar-refractivity contribution in [3.8, 4) is 0 Å². The average molecular weight is 376 g/mol. The normalized spacial score (nSPS) is 16.6. The number of ether oxygens (including phenoxy) is 2. The van der Waals surface area contributed by atoms with Crippen molar-refractivity contribution in [1.29, 1.82) is 0 Å². The highest BCUT2D eigenvalue weighted by atomic mass is 32.2. The minimum Gasteiger partial charge on any atom is -0.452 e. The van der Waals surface area contributed by atoms with Gasteiger partial charge in [0.1, 0.15) is 4.21 Å². The highest BCUT2D eigenvalue weighted by Gasteiger charge is 2.25. The predicted molar refractivity (Wildman–Crippen MR) is 87.1 cm³/mol. The number of nitrogens with zero attached hydrogens (tertiary/aromatic N) is 1. The Kier molecular flexibility index (Phi) is 6.72. The Morgan fingerprint density at radius 3 is 2.75 bits per heavy atom. The Hall–Kier alpha value is -1.49. The summed E-state index contributed by atoms with van der Waals surface area (Å²) in [5.41, 5.74) is 0. The maximum Gasteiger partial charge on any atom is 0.307 e. The number of thiophene rings is 1. The Balaban J connectivity index is 1.73. The summed E-state index contributed by atoms with van der Waals surface area (Å²) < 4.78 is 36.5. The zero-order valence-corrected chi connectivity index (χ0v) is 14.9. The van der Waals surface area contributed by atoms with Gasteiger partial charge in [-0.3, -0.25) is 9.59 Å². The summed E-state index contributed by atoms with van der Waals surface area (Å²) in [6, 6.07) is 3.11. The molecule has 0 saturated carbocycles. The van der Waals surface area contributed by atoms with Crippen molar-refractivity contribution in [2.75, 3.05) is 32.8 Å². The number of hydrogen-bond donors (Lipinski definition) is 1. The van der Waals surface area contributed by atoms with Gasteiger partial charge in [-0.15, -0.1) is 11.3 Å². The van der Waals surface area contributed by atoms with Crippen molar-refractivity contribution < 1.29 is 27.5 Å². The van der Waals surface area contributed by atoms with E-state index in [1.807, 2.05) is 0 Å². The van der Waals surface area contributed by atoms with E-state index in [9.17, 15) is 18.0 Å². The Labute approximate surface area is 144 Å². The van der Waals surface area contributed by atoms with Crippen LogP contribution in [-0.2, 0) is 29.1 Å². The summed E-state index contributed by atoms with van der Waals surface area (Å²) in [6.45, 7) is 3.31. The van der Waals surface area contributed by atoms with E-state index >= 15 is 0 Å². The van der Waals surface area contributed by atoms with Crippen LogP contribution < -0.4 is 4.72 Å². The fourth-order valence-corrected chi connectivity index (χ4v) is 4.19. The van der Waals surface area contributed by atoms with Gasteiger partial charge in [0.25, 0.3) is 5.91 Å². The fraction of sp³-hybridized carbons (Fsp3) is 0.571. The molecular formula is C14H20N2O6S2. The number of carbonyl (C=O) groups is 2. The molecule has 0 spiro atoms. The van der Waals surface area contributed by atoms with Gasteiger partial charge in [-0.1, -0.05) is 6.07 Å². The first-order chi connectivity index (χ1) is 11.4. The first-order valence-corrected chi connectivity index (χ1v) is 9.85. The molecular weight excluding hydrogens is 356 g/mol. The maximum absolute atomic E-state index is 12.1. The van der Waals surface area contributed by atoms with E-state index in [-0.39, 0.29) is 23.1 Å². The Morgan fingerprint density at radius 2 is 2.12 bits per heavy atom. The molecule has 1 N–H and O–H groups in total. The van der Waals surface area contributed by atoms with Crippen molar-refractivity contribution >= 4 is 33.2 Å². The third-order valence-corrected chi connectivity index (χ3v) is 6.22. The van der Waals surface area contributed by atoms with Crippen LogP contribution in [-0.4, -0.2) is 64.1 Å². The van der Waals surface area contributed by atoms with Gasteiger partial charge in [-0.05, 0) is 18.4 Å². The van der Waals surface area contributed by atoms with Gasteiger partial charge < -0.3 is 14.4 Å².